The van der Waals surface area contributed by atoms with Crippen molar-refractivity contribution in [1.82, 2.24) is 19.7 Å². The first-order valence-corrected chi connectivity index (χ1v) is 7.99. The lowest BCUT2D eigenvalue weighted by atomic mass is 10.1. The van der Waals surface area contributed by atoms with E-state index in [1.807, 2.05) is 25.7 Å². The lowest BCUT2D eigenvalue weighted by Crippen LogP contribution is -2.02. The van der Waals surface area contributed by atoms with Crippen molar-refractivity contribution in [2.75, 3.05) is 0 Å². The Morgan fingerprint density at radius 3 is 2.83 bits per heavy atom. The zero-order valence-corrected chi connectivity index (χ0v) is 13.2. The van der Waals surface area contributed by atoms with Crippen LogP contribution in [0.3, 0.4) is 0 Å². The normalized spacial score (nSPS) is 15.5. The summed E-state index contributed by atoms with van der Waals surface area (Å²) < 4.78 is 14.9. The molecule has 5 nitrogen and oxygen atoms in total. The van der Waals surface area contributed by atoms with Crippen molar-refractivity contribution in [3.63, 3.8) is 0 Å². The summed E-state index contributed by atoms with van der Waals surface area (Å²) in [5, 5.41) is 5.58. The Labute approximate surface area is 142 Å². The van der Waals surface area contributed by atoms with Gasteiger partial charge in [-0.15, -0.1) is 0 Å². The number of hydrogen-bond donors (Lipinski definition) is 0. The number of benzene rings is 1. The fraction of sp³-hybridized carbons (Fsp3) is 0. The van der Waals surface area contributed by atoms with Gasteiger partial charge in [-0.25, -0.2) is 24.0 Å². The molecule has 117 valence electrons. The second-order valence-corrected chi connectivity index (χ2v) is 5.93. The van der Waals surface area contributed by atoms with E-state index in [0.29, 0.717) is 10.7 Å². The summed E-state index contributed by atoms with van der Waals surface area (Å²) in [4.78, 5) is 12.9. The molecular weight excluding hydrogens is 325 g/mol. The van der Waals surface area contributed by atoms with Crippen LogP contribution in [0.25, 0.3) is 5.00 Å². The van der Waals surface area contributed by atoms with Crippen LogP contribution < -0.4 is 0 Å². The molecule has 0 unspecified atom stereocenters. The van der Waals surface area contributed by atoms with Crippen LogP contribution >= 0.6 is 11.3 Å². The van der Waals surface area contributed by atoms with Crippen molar-refractivity contribution in [1.29, 1.82) is 0 Å². The zero-order chi connectivity index (χ0) is 16.4. The summed E-state index contributed by atoms with van der Waals surface area (Å²) in [7, 11) is 0. The molecule has 1 aromatic carbocycles. The summed E-state index contributed by atoms with van der Waals surface area (Å²) in [5.41, 5.74) is 1.48. The molecule has 0 amide bonds. The molecule has 0 atom stereocenters. The zero-order valence-electron chi connectivity index (χ0n) is 12.4. The molecule has 4 rings (SSSR count). The predicted octanol–water partition coefficient (Wildman–Crippen LogP) is 3.37. The van der Waals surface area contributed by atoms with E-state index in [1.54, 1.807) is 29.4 Å². The molecule has 0 N–H and O–H groups in total. The Balaban J connectivity index is 1.67. The summed E-state index contributed by atoms with van der Waals surface area (Å²) in [6, 6.07) is 6.26. The number of thiazole rings is 1. The Morgan fingerprint density at radius 2 is 2.08 bits per heavy atom. The molecule has 0 spiro atoms. The van der Waals surface area contributed by atoms with E-state index in [9.17, 15) is 4.39 Å². The van der Waals surface area contributed by atoms with Crippen molar-refractivity contribution in [2.45, 2.75) is 0 Å². The maximum Gasteiger partial charge on any atom is 0.211 e. The van der Waals surface area contributed by atoms with Gasteiger partial charge in [0.15, 0.2) is 0 Å². The topological polar surface area (TPSA) is 56.0 Å². The lowest BCUT2D eigenvalue weighted by Gasteiger charge is -2.06. The molecule has 2 aromatic heterocycles. The smallest absolute Gasteiger partial charge is 0.211 e. The van der Waals surface area contributed by atoms with Crippen LogP contribution in [0, 0.1) is 37.4 Å². The van der Waals surface area contributed by atoms with Gasteiger partial charge >= 0.3 is 0 Å². The predicted molar refractivity (Wildman–Crippen MR) is 90.2 cm³/mol. The molecular formula is C17H11FN5S. The SMILES string of the molecule is Fc1cccc(/C=N/c2nc([C]3[CH][CH][CH][CH]3)c(-n3cncn3)s2)c1. The third-order valence-corrected chi connectivity index (χ3v) is 4.29. The lowest BCUT2D eigenvalue weighted by molar-refractivity contribution is 0.627. The first kappa shape index (κ1) is 15.1. The Morgan fingerprint density at radius 1 is 1.21 bits per heavy atom. The largest absolute Gasteiger partial charge is 0.227 e. The van der Waals surface area contributed by atoms with Gasteiger partial charge in [-0.1, -0.05) is 23.5 Å². The minimum atomic E-state index is -0.293. The second-order valence-electron chi connectivity index (χ2n) is 4.98. The standard InChI is InChI=1S/C17H11FN5S/c18-14-7-3-4-12(8-14)9-20-17-22-15(13-5-1-2-6-13)16(24-17)23-11-19-10-21-23/h1-11H/b20-9+. The van der Waals surface area contributed by atoms with E-state index >= 15 is 0 Å². The van der Waals surface area contributed by atoms with Gasteiger partial charge in [0.25, 0.3) is 0 Å². The van der Waals surface area contributed by atoms with Gasteiger partial charge in [-0.3, -0.25) is 0 Å². The van der Waals surface area contributed by atoms with E-state index in [1.165, 1.54) is 29.8 Å². The maximum absolute atomic E-state index is 13.2. The van der Waals surface area contributed by atoms with Crippen molar-refractivity contribution in [2.24, 2.45) is 4.99 Å². The van der Waals surface area contributed by atoms with Gasteiger partial charge in [0, 0.05) is 12.1 Å². The number of hydrogen-bond acceptors (Lipinski definition) is 5. The highest BCUT2D eigenvalue weighted by molar-refractivity contribution is 7.18. The van der Waals surface area contributed by atoms with Gasteiger partial charge in [-0.2, -0.15) is 5.10 Å². The minimum absolute atomic E-state index is 0.293. The molecule has 1 aliphatic rings. The van der Waals surface area contributed by atoms with Crippen LogP contribution in [0.15, 0.2) is 41.9 Å². The first-order valence-electron chi connectivity index (χ1n) is 7.17. The average molecular weight is 336 g/mol. The Kier molecular flexibility index (Phi) is 4.17. The molecule has 1 aliphatic carbocycles. The van der Waals surface area contributed by atoms with E-state index in [-0.39, 0.29) is 5.82 Å². The minimum Gasteiger partial charge on any atom is -0.227 e. The molecule has 7 heteroatoms. The summed E-state index contributed by atoms with van der Waals surface area (Å²) in [6.07, 6.45) is 12.6. The highest BCUT2D eigenvalue weighted by Gasteiger charge is 2.26. The van der Waals surface area contributed by atoms with Crippen molar-refractivity contribution >= 4 is 22.7 Å². The number of nitrogens with zero attached hydrogens (tertiary/aromatic N) is 5. The monoisotopic (exact) mass is 336 g/mol. The Hall–Kier alpha value is -2.41. The van der Waals surface area contributed by atoms with E-state index in [4.69, 9.17) is 0 Å². The second kappa shape index (κ2) is 6.60. The van der Waals surface area contributed by atoms with Crippen molar-refractivity contribution in [3.05, 3.63) is 85.6 Å². The highest BCUT2D eigenvalue weighted by Crippen LogP contribution is 2.38. The third-order valence-electron chi connectivity index (χ3n) is 3.33. The van der Waals surface area contributed by atoms with Crippen LogP contribution in [-0.4, -0.2) is 26.0 Å². The molecule has 0 aliphatic heterocycles. The van der Waals surface area contributed by atoms with Gasteiger partial charge in [0.05, 0.1) is 5.69 Å². The maximum atomic E-state index is 13.2. The molecule has 24 heavy (non-hydrogen) atoms. The van der Waals surface area contributed by atoms with Crippen LogP contribution in [0.1, 0.15) is 11.3 Å². The van der Waals surface area contributed by atoms with Crippen molar-refractivity contribution in [3.8, 4) is 5.00 Å². The first-order chi connectivity index (χ1) is 11.8. The van der Waals surface area contributed by atoms with Gasteiger partial charge in [0.1, 0.15) is 23.5 Å². The number of halogens is 1. The van der Waals surface area contributed by atoms with Gasteiger partial charge in [-0.05, 0) is 43.4 Å². The molecule has 0 bridgehead atoms. The van der Waals surface area contributed by atoms with E-state index in [0.717, 1.165) is 16.6 Å². The van der Waals surface area contributed by atoms with E-state index < -0.39 is 0 Å². The number of aliphatic imine (C=N–C) groups is 1. The van der Waals surface area contributed by atoms with Crippen LogP contribution in [0.5, 0.6) is 0 Å². The fourth-order valence-corrected chi connectivity index (χ4v) is 3.12. The van der Waals surface area contributed by atoms with Crippen LogP contribution in [0.4, 0.5) is 9.52 Å². The quantitative estimate of drug-likeness (QED) is 0.687. The van der Waals surface area contributed by atoms with Crippen LogP contribution in [-0.2, 0) is 0 Å². The molecule has 1 saturated carbocycles. The Bertz CT molecular complexity index is 850. The molecule has 3 aromatic rings. The summed E-state index contributed by atoms with van der Waals surface area (Å²) >= 11 is 1.40. The third kappa shape index (κ3) is 3.12. The van der Waals surface area contributed by atoms with Gasteiger partial charge in [0.2, 0.25) is 5.13 Å². The fourth-order valence-electron chi connectivity index (χ4n) is 2.26. The molecule has 0 saturated heterocycles. The summed E-state index contributed by atoms with van der Waals surface area (Å²) in [6.45, 7) is 0. The highest BCUT2D eigenvalue weighted by atomic mass is 32.1. The number of rotatable bonds is 4. The summed E-state index contributed by atoms with van der Waals surface area (Å²) in [5.74, 6) is 0.697. The van der Waals surface area contributed by atoms with E-state index in [2.05, 4.69) is 20.1 Å². The van der Waals surface area contributed by atoms with Crippen molar-refractivity contribution < 1.29 is 4.39 Å². The van der Waals surface area contributed by atoms with Gasteiger partial charge < -0.3 is 0 Å². The average Bonchev–Trinajstić information content (AvgIpc) is 3.32. The number of aromatic nitrogens is 4. The molecule has 1 fully saturated rings. The molecule has 5 radical (unpaired) electrons. The van der Waals surface area contributed by atoms with Crippen LogP contribution in [0.2, 0.25) is 0 Å². The molecule has 2 heterocycles.